The van der Waals surface area contributed by atoms with Crippen LogP contribution >= 0.6 is 0 Å². The van der Waals surface area contributed by atoms with Gasteiger partial charge in [0, 0.05) is 17.3 Å². The van der Waals surface area contributed by atoms with Crippen molar-refractivity contribution in [3.8, 4) is 12.8 Å². The molecule has 0 bridgehead atoms. The Labute approximate surface area is 181 Å². The Bertz CT molecular complexity index is 743. The van der Waals surface area contributed by atoms with E-state index in [-0.39, 0.29) is 17.3 Å². The van der Waals surface area contributed by atoms with Gasteiger partial charge in [0.15, 0.2) is 5.78 Å². The Balaban J connectivity index is 0.000000590. The summed E-state index contributed by atoms with van der Waals surface area (Å²) in [5, 5.41) is 18.3. The first-order valence-electron chi connectivity index (χ1n) is 11.3. The maximum absolute atomic E-state index is 11.9. The summed E-state index contributed by atoms with van der Waals surface area (Å²) in [6.07, 6.45) is 20.7. The van der Waals surface area contributed by atoms with Crippen molar-refractivity contribution in [2.75, 3.05) is 0 Å². The van der Waals surface area contributed by atoms with Gasteiger partial charge in [0.1, 0.15) is 0 Å². The normalized spacial score (nSPS) is 38.5. The lowest BCUT2D eigenvalue weighted by Crippen LogP contribution is -2.56. The fourth-order valence-electron chi connectivity index (χ4n) is 7.29. The first-order valence-corrected chi connectivity index (χ1v) is 11.3. The SMILES string of the molecule is C#C.CCC(C)(O)[C@@]12CC=C3C(CCC4=CC(=O)CC[C@@]43C)C1CC[C@@H]2C.O=CO. The van der Waals surface area contributed by atoms with Crippen LogP contribution < -0.4 is 0 Å². The van der Waals surface area contributed by atoms with Gasteiger partial charge in [0.05, 0.1) is 5.60 Å². The first-order chi connectivity index (χ1) is 14.2. The minimum atomic E-state index is -0.588. The molecule has 2 fully saturated rings. The largest absolute Gasteiger partial charge is 0.483 e. The lowest BCUT2D eigenvalue weighted by Gasteiger charge is -2.58. The minimum Gasteiger partial charge on any atom is -0.483 e. The van der Waals surface area contributed by atoms with Gasteiger partial charge in [0.2, 0.25) is 0 Å². The highest BCUT2D eigenvalue weighted by atomic mass is 16.3. The van der Waals surface area contributed by atoms with Gasteiger partial charge in [-0.25, -0.2) is 0 Å². The topological polar surface area (TPSA) is 74.6 Å². The van der Waals surface area contributed by atoms with E-state index in [9.17, 15) is 9.90 Å². The maximum Gasteiger partial charge on any atom is 0.290 e. The van der Waals surface area contributed by atoms with Crippen molar-refractivity contribution < 1.29 is 19.8 Å². The summed E-state index contributed by atoms with van der Waals surface area (Å²) in [5.41, 5.74) is 2.55. The number of fused-ring (bicyclic) bond motifs is 5. The van der Waals surface area contributed by atoms with Crippen LogP contribution in [0.3, 0.4) is 0 Å². The van der Waals surface area contributed by atoms with Crippen LogP contribution in [0.1, 0.15) is 79.1 Å². The summed E-state index contributed by atoms with van der Waals surface area (Å²) in [7, 11) is 0. The smallest absolute Gasteiger partial charge is 0.290 e. The molecule has 4 heteroatoms. The molecular formula is C26H38O4. The van der Waals surface area contributed by atoms with Crippen LogP contribution in [-0.4, -0.2) is 28.1 Å². The number of carbonyl (C=O) groups excluding carboxylic acids is 1. The number of carboxylic acid groups (broad SMARTS) is 1. The summed E-state index contributed by atoms with van der Waals surface area (Å²) in [6, 6.07) is 0. The first kappa shape index (κ1) is 24.4. The molecular weight excluding hydrogens is 376 g/mol. The van der Waals surface area contributed by atoms with Gasteiger partial charge < -0.3 is 10.2 Å². The van der Waals surface area contributed by atoms with Crippen molar-refractivity contribution >= 4 is 12.3 Å². The Kier molecular flexibility index (Phi) is 7.41. The number of hydrogen-bond donors (Lipinski definition) is 2. The Morgan fingerprint density at radius 3 is 2.50 bits per heavy atom. The van der Waals surface area contributed by atoms with Gasteiger partial charge in [-0.15, -0.1) is 12.8 Å². The van der Waals surface area contributed by atoms with Gasteiger partial charge >= 0.3 is 0 Å². The number of aliphatic hydroxyl groups is 1. The predicted molar refractivity (Wildman–Crippen MR) is 120 cm³/mol. The molecule has 0 amide bonds. The molecule has 166 valence electrons. The molecule has 4 nitrogen and oxygen atoms in total. The van der Waals surface area contributed by atoms with Gasteiger partial charge in [-0.3, -0.25) is 9.59 Å². The average Bonchev–Trinajstić information content (AvgIpc) is 3.09. The van der Waals surface area contributed by atoms with E-state index in [2.05, 4.69) is 46.6 Å². The van der Waals surface area contributed by atoms with Crippen LogP contribution in [0.15, 0.2) is 23.3 Å². The lowest BCUT2D eigenvalue weighted by molar-refractivity contribution is -0.131. The Morgan fingerprint density at radius 2 is 1.90 bits per heavy atom. The van der Waals surface area contributed by atoms with Crippen molar-refractivity contribution in [3.63, 3.8) is 0 Å². The molecule has 6 atom stereocenters. The number of rotatable bonds is 2. The second-order valence-electron chi connectivity index (χ2n) is 9.83. The van der Waals surface area contributed by atoms with E-state index in [1.807, 2.05) is 6.08 Å². The number of hydrogen-bond acceptors (Lipinski definition) is 3. The summed E-state index contributed by atoms with van der Waals surface area (Å²) in [4.78, 5) is 20.3. The van der Waals surface area contributed by atoms with E-state index in [1.165, 1.54) is 24.8 Å². The molecule has 4 aliphatic rings. The van der Waals surface area contributed by atoms with E-state index < -0.39 is 5.60 Å². The number of allylic oxidation sites excluding steroid dienone is 4. The fourth-order valence-corrected chi connectivity index (χ4v) is 7.29. The minimum absolute atomic E-state index is 0.0397. The van der Waals surface area contributed by atoms with Crippen molar-refractivity contribution in [2.45, 2.75) is 84.7 Å². The fraction of sp³-hybridized carbons (Fsp3) is 0.692. The molecule has 0 radical (unpaired) electrons. The molecule has 0 aliphatic heterocycles. The summed E-state index contributed by atoms with van der Waals surface area (Å²) in [6.45, 7) is 8.74. The predicted octanol–water partition coefficient (Wildman–Crippen LogP) is 5.17. The Morgan fingerprint density at radius 1 is 1.27 bits per heavy atom. The zero-order chi connectivity index (χ0) is 22.7. The quantitative estimate of drug-likeness (QED) is 0.371. The van der Waals surface area contributed by atoms with Crippen LogP contribution in [0.4, 0.5) is 0 Å². The molecule has 0 saturated heterocycles. The Hall–Kier alpha value is -1.86. The summed E-state index contributed by atoms with van der Waals surface area (Å²) in [5.74, 6) is 2.11. The molecule has 2 N–H and O–H groups in total. The van der Waals surface area contributed by atoms with Gasteiger partial charge in [-0.2, -0.15) is 0 Å². The molecule has 3 unspecified atom stereocenters. The van der Waals surface area contributed by atoms with E-state index >= 15 is 0 Å². The summed E-state index contributed by atoms with van der Waals surface area (Å²) >= 11 is 0. The van der Waals surface area contributed by atoms with Crippen LogP contribution in [0.2, 0.25) is 0 Å². The van der Waals surface area contributed by atoms with Crippen molar-refractivity contribution in [1.29, 1.82) is 0 Å². The number of terminal acetylenes is 1. The van der Waals surface area contributed by atoms with Crippen LogP contribution in [0.5, 0.6) is 0 Å². The molecule has 0 aromatic heterocycles. The molecule has 4 aliphatic carbocycles. The van der Waals surface area contributed by atoms with Crippen LogP contribution in [0.25, 0.3) is 0 Å². The molecule has 0 heterocycles. The molecule has 0 aromatic rings. The second-order valence-corrected chi connectivity index (χ2v) is 9.83. The van der Waals surface area contributed by atoms with E-state index in [1.54, 1.807) is 5.57 Å². The highest BCUT2D eigenvalue weighted by Gasteiger charge is 2.62. The standard InChI is InChI=1S/C23H34O2.C2H2.CH2O2/c1-5-22(4,25)23-13-11-19-18(20(23)9-6-15(23)2)8-7-16-14-17(24)10-12-21(16,19)3;1-2;2-1-3/h11,14-15,18,20,25H,5-10,12-13H2,1-4H3;1-2H;1H,(H,2,3)/t15-,18?,20?,21-,22?,23+;;/m0../s1. The molecule has 30 heavy (non-hydrogen) atoms. The van der Waals surface area contributed by atoms with E-state index in [0.29, 0.717) is 30.0 Å². The molecule has 0 spiro atoms. The monoisotopic (exact) mass is 414 g/mol. The van der Waals surface area contributed by atoms with Crippen molar-refractivity contribution in [1.82, 2.24) is 0 Å². The zero-order valence-corrected chi connectivity index (χ0v) is 19.0. The van der Waals surface area contributed by atoms with Gasteiger partial charge in [-0.1, -0.05) is 38.0 Å². The third-order valence-corrected chi connectivity index (χ3v) is 8.96. The third-order valence-electron chi connectivity index (χ3n) is 8.96. The van der Waals surface area contributed by atoms with Crippen LogP contribution in [0, 0.1) is 41.4 Å². The molecule has 0 aromatic carbocycles. The third kappa shape index (κ3) is 3.56. The molecule has 4 rings (SSSR count). The van der Waals surface area contributed by atoms with Gasteiger partial charge in [0.25, 0.3) is 6.47 Å². The van der Waals surface area contributed by atoms with E-state index in [4.69, 9.17) is 9.90 Å². The zero-order valence-electron chi connectivity index (χ0n) is 19.0. The average molecular weight is 415 g/mol. The van der Waals surface area contributed by atoms with Crippen LogP contribution in [-0.2, 0) is 9.59 Å². The molecule has 2 saturated carbocycles. The second kappa shape index (κ2) is 9.10. The van der Waals surface area contributed by atoms with Gasteiger partial charge in [-0.05, 0) is 75.7 Å². The lowest BCUT2D eigenvalue weighted by atomic mass is 9.47. The highest BCUT2D eigenvalue weighted by molar-refractivity contribution is 5.92. The maximum atomic E-state index is 11.9. The number of carbonyl (C=O) groups is 2. The summed E-state index contributed by atoms with van der Waals surface area (Å²) < 4.78 is 0. The van der Waals surface area contributed by atoms with Crippen molar-refractivity contribution in [2.24, 2.45) is 28.6 Å². The van der Waals surface area contributed by atoms with Crippen molar-refractivity contribution in [3.05, 3.63) is 23.3 Å². The highest BCUT2D eigenvalue weighted by Crippen LogP contribution is 2.67. The van der Waals surface area contributed by atoms with E-state index in [0.717, 1.165) is 25.7 Å². The number of ketones is 1.